The number of amides is 1. The van der Waals surface area contributed by atoms with Crippen LogP contribution in [0.15, 0.2) is 49.2 Å². The van der Waals surface area contributed by atoms with Crippen LogP contribution < -0.4 is 4.90 Å². The van der Waals surface area contributed by atoms with Crippen molar-refractivity contribution in [2.75, 3.05) is 31.1 Å². The van der Waals surface area contributed by atoms with Crippen LogP contribution >= 0.6 is 0 Å². The van der Waals surface area contributed by atoms with E-state index in [2.05, 4.69) is 21.3 Å². The fourth-order valence-electron chi connectivity index (χ4n) is 4.48. The summed E-state index contributed by atoms with van der Waals surface area (Å²) in [6, 6.07) is 7.96. The molecule has 0 spiro atoms. The third kappa shape index (κ3) is 5.11. The number of alkyl halides is 3. The Morgan fingerprint density at radius 3 is 2.43 bits per heavy atom. The number of piperazine rings is 1. The molecule has 1 aliphatic heterocycles. The van der Waals surface area contributed by atoms with E-state index >= 15 is 0 Å². The number of hydrogen-bond donors (Lipinski definition) is 0. The van der Waals surface area contributed by atoms with Crippen LogP contribution in [0.5, 0.6) is 0 Å². The molecule has 0 radical (unpaired) electrons. The largest absolute Gasteiger partial charge is 0.389 e. The topological polar surface area (TPSA) is 95.3 Å². The van der Waals surface area contributed by atoms with Gasteiger partial charge in [0.25, 0.3) is 0 Å². The highest BCUT2D eigenvalue weighted by Gasteiger charge is 2.30. The number of carbonyl (C=O) groups excluding carboxylic acids is 1. The molecule has 1 aliphatic rings. The van der Waals surface area contributed by atoms with Crippen LogP contribution in [0, 0.1) is 11.3 Å². The molecular formula is C25H23F3N8O. The summed E-state index contributed by atoms with van der Waals surface area (Å²) in [7, 11) is 1.84. The molecule has 0 aliphatic carbocycles. The first-order valence-electron chi connectivity index (χ1n) is 11.7. The summed E-state index contributed by atoms with van der Waals surface area (Å²) >= 11 is 0. The molecule has 0 aromatic carbocycles. The van der Waals surface area contributed by atoms with E-state index in [-0.39, 0.29) is 0 Å². The fourth-order valence-corrected chi connectivity index (χ4v) is 4.48. The number of hydrogen-bond acceptors (Lipinski definition) is 6. The van der Waals surface area contributed by atoms with Gasteiger partial charge in [0, 0.05) is 80.5 Å². The first-order chi connectivity index (χ1) is 17.7. The molecule has 1 fully saturated rings. The van der Waals surface area contributed by atoms with E-state index in [9.17, 15) is 23.2 Å². The second kappa shape index (κ2) is 9.57. The van der Waals surface area contributed by atoms with Gasteiger partial charge in [-0.25, -0.2) is 9.50 Å². The third-order valence-corrected chi connectivity index (χ3v) is 6.41. The number of anilines is 1. The van der Waals surface area contributed by atoms with E-state index in [4.69, 9.17) is 0 Å². The lowest BCUT2D eigenvalue weighted by Crippen LogP contribution is -2.49. The SMILES string of the molecule is Cn1cc(-c2cc(-c3ccc(N4CCN(C(=O)CCC(F)(F)F)CC4)nc3)c3c(C#N)cnn3c2)cn1. The number of halogens is 3. The second-order valence-electron chi connectivity index (χ2n) is 8.90. The smallest absolute Gasteiger partial charge is 0.353 e. The van der Waals surface area contributed by atoms with Gasteiger partial charge >= 0.3 is 6.18 Å². The average Bonchev–Trinajstić information content (AvgIpc) is 3.52. The van der Waals surface area contributed by atoms with Crippen molar-refractivity contribution in [3.63, 3.8) is 0 Å². The summed E-state index contributed by atoms with van der Waals surface area (Å²) in [5.74, 6) is 0.228. The molecule has 1 saturated heterocycles. The summed E-state index contributed by atoms with van der Waals surface area (Å²) in [6.07, 6.45) is 2.81. The molecule has 0 N–H and O–H groups in total. The highest BCUT2D eigenvalue weighted by Crippen LogP contribution is 2.32. The molecule has 37 heavy (non-hydrogen) atoms. The van der Waals surface area contributed by atoms with Gasteiger partial charge in [-0.15, -0.1) is 0 Å². The zero-order valence-electron chi connectivity index (χ0n) is 20.0. The molecule has 0 unspecified atom stereocenters. The second-order valence-corrected chi connectivity index (χ2v) is 8.90. The summed E-state index contributed by atoms with van der Waals surface area (Å²) in [6.45, 7) is 1.64. The number of fused-ring (bicyclic) bond motifs is 1. The van der Waals surface area contributed by atoms with Gasteiger partial charge < -0.3 is 9.80 Å². The quantitative estimate of drug-likeness (QED) is 0.408. The van der Waals surface area contributed by atoms with Crippen molar-refractivity contribution < 1.29 is 18.0 Å². The average molecular weight is 509 g/mol. The molecule has 5 heterocycles. The van der Waals surface area contributed by atoms with Crippen molar-refractivity contribution in [1.82, 2.24) is 29.3 Å². The predicted molar refractivity (Wildman–Crippen MR) is 129 cm³/mol. The first kappa shape index (κ1) is 24.3. The lowest BCUT2D eigenvalue weighted by molar-refractivity contribution is -0.149. The highest BCUT2D eigenvalue weighted by atomic mass is 19.4. The lowest BCUT2D eigenvalue weighted by Gasteiger charge is -2.35. The Morgan fingerprint density at radius 2 is 1.81 bits per heavy atom. The van der Waals surface area contributed by atoms with Crippen molar-refractivity contribution in [2.24, 2.45) is 7.05 Å². The summed E-state index contributed by atoms with van der Waals surface area (Å²) in [5.41, 5.74) is 4.52. The molecule has 9 nitrogen and oxygen atoms in total. The molecule has 4 aromatic heterocycles. The van der Waals surface area contributed by atoms with Crippen LogP contribution in [0.1, 0.15) is 18.4 Å². The van der Waals surface area contributed by atoms with Gasteiger partial charge in [-0.3, -0.25) is 9.48 Å². The monoisotopic (exact) mass is 508 g/mol. The molecule has 4 aromatic rings. The highest BCUT2D eigenvalue weighted by molar-refractivity contribution is 5.87. The van der Waals surface area contributed by atoms with Crippen LogP contribution in [-0.4, -0.2) is 67.5 Å². The van der Waals surface area contributed by atoms with Gasteiger partial charge in [0.1, 0.15) is 11.9 Å². The molecular weight excluding hydrogens is 485 g/mol. The van der Waals surface area contributed by atoms with Gasteiger partial charge in [0.05, 0.1) is 29.9 Å². The van der Waals surface area contributed by atoms with Crippen LogP contribution in [0.25, 0.3) is 27.8 Å². The minimum Gasteiger partial charge on any atom is -0.353 e. The summed E-state index contributed by atoms with van der Waals surface area (Å²) < 4.78 is 40.7. The van der Waals surface area contributed by atoms with E-state index in [0.717, 1.165) is 22.3 Å². The number of pyridine rings is 2. The van der Waals surface area contributed by atoms with E-state index < -0.39 is 24.9 Å². The third-order valence-electron chi connectivity index (χ3n) is 6.41. The Bertz CT molecular complexity index is 1470. The van der Waals surface area contributed by atoms with Crippen LogP contribution in [-0.2, 0) is 11.8 Å². The standard InChI is InChI=1S/C25H23F3N8O/c1-33-15-20(14-31-33)18-10-21(24-19(11-29)13-32-36(24)16-18)17-2-3-22(30-12-17)34-6-8-35(9-7-34)23(37)4-5-25(26,27)28/h2-3,10,12-16H,4-9H2,1H3. The first-order valence-corrected chi connectivity index (χ1v) is 11.7. The van der Waals surface area contributed by atoms with Crippen LogP contribution in [0.3, 0.4) is 0 Å². The Kier molecular flexibility index (Phi) is 6.29. The Morgan fingerprint density at radius 1 is 1.03 bits per heavy atom. The number of rotatable bonds is 5. The number of nitriles is 1. The van der Waals surface area contributed by atoms with Crippen molar-refractivity contribution in [3.8, 4) is 28.3 Å². The number of carbonyl (C=O) groups is 1. The van der Waals surface area contributed by atoms with Gasteiger partial charge in [0.2, 0.25) is 5.91 Å². The molecule has 190 valence electrons. The maximum atomic E-state index is 12.4. The maximum Gasteiger partial charge on any atom is 0.389 e. The molecule has 0 saturated carbocycles. The summed E-state index contributed by atoms with van der Waals surface area (Å²) in [5, 5.41) is 18.2. The van der Waals surface area contributed by atoms with Gasteiger partial charge in [-0.05, 0) is 18.2 Å². The number of aryl methyl sites for hydroxylation is 1. The van der Waals surface area contributed by atoms with E-state index in [1.54, 1.807) is 21.6 Å². The zero-order valence-corrected chi connectivity index (χ0v) is 20.0. The van der Waals surface area contributed by atoms with Crippen molar-refractivity contribution in [1.29, 1.82) is 5.26 Å². The molecule has 0 bridgehead atoms. The Hall–Kier alpha value is -4.40. The number of nitrogens with zero attached hydrogens (tertiary/aromatic N) is 8. The minimum absolute atomic E-state index is 0.343. The number of aromatic nitrogens is 5. The molecule has 12 heteroatoms. The fraction of sp³-hybridized carbons (Fsp3) is 0.320. The van der Waals surface area contributed by atoms with Crippen molar-refractivity contribution in [3.05, 3.63) is 54.7 Å². The normalized spacial score (nSPS) is 14.2. The van der Waals surface area contributed by atoms with Crippen LogP contribution in [0.4, 0.5) is 19.0 Å². The van der Waals surface area contributed by atoms with E-state index in [1.165, 1.54) is 11.1 Å². The summed E-state index contributed by atoms with van der Waals surface area (Å²) in [4.78, 5) is 20.2. The molecule has 5 rings (SSSR count). The Balaban J connectivity index is 1.36. The predicted octanol–water partition coefficient (Wildman–Crippen LogP) is 3.66. The van der Waals surface area contributed by atoms with Gasteiger partial charge in [0.15, 0.2) is 0 Å². The Labute approximate surface area is 210 Å². The van der Waals surface area contributed by atoms with Gasteiger partial charge in [-0.1, -0.05) is 0 Å². The van der Waals surface area contributed by atoms with Gasteiger partial charge in [-0.2, -0.15) is 28.6 Å². The maximum absolute atomic E-state index is 12.4. The molecule has 0 atom stereocenters. The van der Waals surface area contributed by atoms with E-state index in [1.807, 2.05) is 42.5 Å². The van der Waals surface area contributed by atoms with Crippen molar-refractivity contribution >= 4 is 17.2 Å². The van der Waals surface area contributed by atoms with Crippen molar-refractivity contribution in [2.45, 2.75) is 19.0 Å². The van der Waals surface area contributed by atoms with E-state index in [0.29, 0.717) is 43.1 Å². The minimum atomic E-state index is -4.34. The molecule has 1 amide bonds. The van der Waals surface area contributed by atoms with Crippen LogP contribution in [0.2, 0.25) is 0 Å². The lowest BCUT2D eigenvalue weighted by atomic mass is 10.0. The zero-order chi connectivity index (χ0) is 26.2.